The number of fused-ring (bicyclic) bond motifs is 2. The highest BCUT2D eigenvalue weighted by Gasteiger charge is 2.28. The van der Waals surface area contributed by atoms with Crippen molar-refractivity contribution in [2.75, 3.05) is 5.32 Å². The molecule has 0 bridgehead atoms. The van der Waals surface area contributed by atoms with Crippen molar-refractivity contribution in [3.63, 3.8) is 0 Å². The molecule has 0 spiro atoms. The largest absolute Gasteiger partial charge is 0.455 e. The Morgan fingerprint density at radius 2 is 2.07 bits per heavy atom. The average Bonchev–Trinajstić information content (AvgIpc) is 3.04. The number of rotatable bonds is 3. The number of carbonyl (C=O) groups is 2. The van der Waals surface area contributed by atoms with Crippen LogP contribution in [0.5, 0.6) is 0 Å². The summed E-state index contributed by atoms with van der Waals surface area (Å²) < 4.78 is 5.87. The molecule has 4 rings (SSSR count). The molecule has 1 aliphatic carbocycles. The number of urea groups is 1. The molecule has 0 saturated heterocycles. The Labute approximate surface area is 160 Å². The predicted molar refractivity (Wildman–Crippen MR) is 105 cm³/mol. The third-order valence-electron chi connectivity index (χ3n) is 4.73. The van der Waals surface area contributed by atoms with E-state index in [1.165, 1.54) is 0 Å². The van der Waals surface area contributed by atoms with Gasteiger partial charge in [0.1, 0.15) is 5.76 Å². The van der Waals surface area contributed by atoms with Crippen LogP contribution in [0.15, 0.2) is 46.0 Å². The summed E-state index contributed by atoms with van der Waals surface area (Å²) in [6.45, 7) is 1.81. The topological polar surface area (TPSA) is 123 Å². The molecule has 4 N–H and O–H groups in total. The van der Waals surface area contributed by atoms with Crippen molar-refractivity contribution in [3.05, 3.63) is 59.2 Å². The quantitative estimate of drug-likeness (QED) is 0.607. The van der Waals surface area contributed by atoms with Gasteiger partial charge in [-0.1, -0.05) is 6.07 Å². The first-order chi connectivity index (χ1) is 13.5. The van der Waals surface area contributed by atoms with Crippen molar-refractivity contribution in [1.82, 2.24) is 10.4 Å². The molecule has 8 nitrogen and oxygen atoms in total. The lowest BCUT2D eigenvalue weighted by Gasteiger charge is -2.13. The van der Waals surface area contributed by atoms with Gasteiger partial charge in [-0.15, -0.1) is 0 Å². The van der Waals surface area contributed by atoms with E-state index in [0.717, 1.165) is 22.9 Å². The molecule has 0 saturated carbocycles. The van der Waals surface area contributed by atoms with E-state index in [1.807, 2.05) is 37.3 Å². The number of anilines is 1. The molecule has 0 aliphatic heterocycles. The molecule has 3 amide bonds. The zero-order chi connectivity index (χ0) is 19.7. The molecule has 142 valence electrons. The summed E-state index contributed by atoms with van der Waals surface area (Å²) in [5.41, 5.74) is 10.9. The van der Waals surface area contributed by atoms with Gasteiger partial charge in [0, 0.05) is 29.1 Å². The van der Waals surface area contributed by atoms with Gasteiger partial charge in [0.05, 0.1) is 16.9 Å². The molecule has 1 aromatic carbocycles. The number of aryl methyl sites for hydroxylation is 1. The molecule has 2 aromatic heterocycles. The Balaban J connectivity index is 1.67. The summed E-state index contributed by atoms with van der Waals surface area (Å²) in [6, 6.07) is 8.54. The standard InChI is InChI=1S/C20H19N5O3/c1-11-17-15(24-25-20(21)27)8-3-9-16(17)28-18(11)19(26)23-14-7-2-6-13-12(14)5-4-10-22-13/h2,4-7,10H,3,8-9H2,1H3,(H,23,26)(H3,21,25,27)/b24-15+. The minimum atomic E-state index is -0.733. The maximum Gasteiger partial charge on any atom is 0.332 e. The van der Waals surface area contributed by atoms with Gasteiger partial charge in [-0.25, -0.2) is 10.2 Å². The summed E-state index contributed by atoms with van der Waals surface area (Å²) in [5, 5.41) is 7.84. The highest BCUT2D eigenvalue weighted by molar-refractivity contribution is 6.11. The minimum absolute atomic E-state index is 0.236. The second-order valence-electron chi connectivity index (χ2n) is 6.57. The van der Waals surface area contributed by atoms with Crippen LogP contribution in [0, 0.1) is 6.92 Å². The molecular weight excluding hydrogens is 358 g/mol. The smallest absolute Gasteiger partial charge is 0.332 e. The lowest BCUT2D eigenvalue weighted by molar-refractivity contribution is 0.0994. The molecule has 8 heteroatoms. The minimum Gasteiger partial charge on any atom is -0.455 e. The van der Waals surface area contributed by atoms with Gasteiger partial charge in [-0.2, -0.15) is 5.10 Å². The van der Waals surface area contributed by atoms with Crippen molar-refractivity contribution in [2.24, 2.45) is 10.8 Å². The Kier molecular flexibility index (Phi) is 4.52. The van der Waals surface area contributed by atoms with Crippen molar-refractivity contribution in [1.29, 1.82) is 0 Å². The fraction of sp³-hybridized carbons (Fsp3) is 0.200. The van der Waals surface area contributed by atoms with E-state index in [-0.39, 0.29) is 11.7 Å². The Bertz CT molecular complexity index is 1110. The molecule has 1 aliphatic rings. The highest BCUT2D eigenvalue weighted by atomic mass is 16.4. The Morgan fingerprint density at radius 1 is 1.21 bits per heavy atom. The summed E-state index contributed by atoms with van der Waals surface area (Å²) >= 11 is 0. The Morgan fingerprint density at radius 3 is 2.89 bits per heavy atom. The number of nitrogens with two attached hydrogens (primary N) is 1. The number of carbonyl (C=O) groups excluding carboxylic acids is 2. The van der Waals surface area contributed by atoms with Gasteiger partial charge < -0.3 is 15.5 Å². The van der Waals surface area contributed by atoms with Crippen LogP contribution < -0.4 is 16.5 Å². The van der Waals surface area contributed by atoms with Crippen molar-refractivity contribution >= 4 is 34.2 Å². The van der Waals surface area contributed by atoms with E-state index in [4.69, 9.17) is 10.2 Å². The van der Waals surface area contributed by atoms with Crippen LogP contribution in [-0.2, 0) is 6.42 Å². The summed E-state index contributed by atoms with van der Waals surface area (Å²) in [6.07, 6.45) is 3.90. The van der Waals surface area contributed by atoms with Gasteiger partial charge in [0.25, 0.3) is 5.91 Å². The molecule has 0 unspecified atom stereocenters. The van der Waals surface area contributed by atoms with Crippen LogP contribution in [0.3, 0.4) is 0 Å². The van der Waals surface area contributed by atoms with Gasteiger partial charge in [-0.05, 0) is 44.0 Å². The fourth-order valence-corrected chi connectivity index (χ4v) is 3.51. The molecule has 3 aromatic rings. The number of nitrogens with one attached hydrogen (secondary N) is 2. The third-order valence-corrected chi connectivity index (χ3v) is 4.73. The average molecular weight is 377 g/mol. The van der Waals surface area contributed by atoms with E-state index in [0.29, 0.717) is 35.6 Å². The maximum absolute atomic E-state index is 12.9. The second kappa shape index (κ2) is 7.15. The number of benzene rings is 1. The SMILES string of the molecule is Cc1c(C(=O)Nc2cccc3ncccc23)oc2c1/C(=N/NC(N)=O)CCC2. The van der Waals surface area contributed by atoms with E-state index in [9.17, 15) is 9.59 Å². The molecule has 0 atom stereocenters. The van der Waals surface area contributed by atoms with Crippen molar-refractivity contribution in [3.8, 4) is 0 Å². The Hall–Kier alpha value is -3.68. The van der Waals surface area contributed by atoms with Gasteiger partial charge >= 0.3 is 6.03 Å². The number of furan rings is 1. The first kappa shape index (κ1) is 17.7. The van der Waals surface area contributed by atoms with Crippen LogP contribution in [0.1, 0.15) is 40.3 Å². The zero-order valence-corrected chi connectivity index (χ0v) is 15.3. The van der Waals surface area contributed by atoms with E-state index < -0.39 is 6.03 Å². The predicted octanol–water partition coefficient (Wildman–Crippen LogP) is 3.10. The fourth-order valence-electron chi connectivity index (χ4n) is 3.51. The van der Waals surface area contributed by atoms with Crippen LogP contribution >= 0.6 is 0 Å². The molecule has 0 radical (unpaired) electrons. The normalized spacial score (nSPS) is 14.7. The number of hydrazone groups is 1. The summed E-state index contributed by atoms with van der Waals surface area (Å²) in [7, 11) is 0. The number of amides is 3. The van der Waals surface area contributed by atoms with E-state index in [2.05, 4.69) is 20.8 Å². The van der Waals surface area contributed by atoms with Gasteiger partial charge in [-0.3, -0.25) is 9.78 Å². The van der Waals surface area contributed by atoms with E-state index in [1.54, 1.807) is 6.20 Å². The number of hydrogen-bond acceptors (Lipinski definition) is 5. The van der Waals surface area contributed by atoms with Crippen molar-refractivity contribution in [2.45, 2.75) is 26.2 Å². The van der Waals surface area contributed by atoms with Gasteiger partial charge in [0.2, 0.25) is 0 Å². The molecule has 2 heterocycles. The van der Waals surface area contributed by atoms with Crippen LogP contribution in [0.25, 0.3) is 10.9 Å². The maximum atomic E-state index is 12.9. The molecular formula is C20H19N5O3. The summed E-state index contributed by atoms with van der Waals surface area (Å²) in [4.78, 5) is 28.2. The van der Waals surface area contributed by atoms with Gasteiger partial charge in [0.15, 0.2) is 5.76 Å². The first-order valence-corrected chi connectivity index (χ1v) is 8.94. The number of primary amides is 1. The number of nitrogens with zero attached hydrogens (tertiary/aromatic N) is 2. The van der Waals surface area contributed by atoms with Crippen LogP contribution in [0.4, 0.5) is 10.5 Å². The lowest BCUT2D eigenvalue weighted by Crippen LogP contribution is -2.27. The third kappa shape index (κ3) is 3.20. The van der Waals surface area contributed by atoms with E-state index >= 15 is 0 Å². The first-order valence-electron chi connectivity index (χ1n) is 8.94. The highest BCUT2D eigenvalue weighted by Crippen LogP contribution is 2.31. The monoisotopic (exact) mass is 377 g/mol. The molecule has 28 heavy (non-hydrogen) atoms. The lowest BCUT2D eigenvalue weighted by atomic mass is 9.93. The second-order valence-corrected chi connectivity index (χ2v) is 6.57. The number of hydrogen-bond donors (Lipinski definition) is 3. The number of pyridine rings is 1. The summed E-state index contributed by atoms with van der Waals surface area (Å²) in [5.74, 6) is 0.587. The molecule has 0 fully saturated rings. The number of aromatic nitrogens is 1. The van der Waals surface area contributed by atoms with Crippen LogP contribution in [-0.4, -0.2) is 22.6 Å². The zero-order valence-electron chi connectivity index (χ0n) is 15.3. The van der Waals surface area contributed by atoms with Crippen LogP contribution in [0.2, 0.25) is 0 Å². The van der Waals surface area contributed by atoms with Crippen molar-refractivity contribution < 1.29 is 14.0 Å².